The van der Waals surface area contributed by atoms with Gasteiger partial charge in [-0.25, -0.2) is 4.98 Å². The molecule has 1 aliphatic rings. The second kappa shape index (κ2) is 5.15. The fourth-order valence-electron chi connectivity index (χ4n) is 2.79. The van der Waals surface area contributed by atoms with Gasteiger partial charge in [-0.1, -0.05) is 24.3 Å². The normalized spacial score (nSPS) is 19.3. The summed E-state index contributed by atoms with van der Waals surface area (Å²) in [6, 6.07) is 8.04. The van der Waals surface area contributed by atoms with Crippen LogP contribution in [0.25, 0.3) is 10.8 Å². The molecule has 0 aliphatic carbocycles. The Morgan fingerprint density at radius 2 is 2.00 bits per heavy atom. The van der Waals surface area contributed by atoms with E-state index in [1.807, 2.05) is 24.3 Å². The van der Waals surface area contributed by atoms with E-state index in [1.54, 1.807) is 6.20 Å². The number of rotatable bonds is 3. The predicted molar refractivity (Wildman–Crippen MR) is 75.1 cm³/mol. The van der Waals surface area contributed by atoms with Crippen molar-refractivity contribution in [1.29, 1.82) is 0 Å². The fourth-order valence-corrected chi connectivity index (χ4v) is 2.79. The maximum atomic E-state index is 9.39. The van der Waals surface area contributed by atoms with Crippen LogP contribution in [0, 0.1) is 5.92 Å². The minimum absolute atomic E-state index is 0.00700. The highest BCUT2D eigenvalue weighted by molar-refractivity contribution is 5.94. The lowest BCUT2D eigenvalue weighted by Crippen LogP contribution is -2.22. The van der Waals surface area contributed by atoms with Crippen LogP contribution in [0.2, 0.25) is 0 Å². The Labute approximate surface area is 112 Å². The number of nitrogens with zero attached hydrogens (tertiary/aromatic N) is 2. The Balaban J connectivity index is 2.05. The second-order valence-corrected chi connectivity index (χ2v) is 5.09. The van der Waals surface area contributed by atoms with Gasteiger partial charge < -0.3 is 15.1 Å². The molecule has 2 N–H and O–H groups in total. The SMILES string of the molecule is OCc1cnc(N2CCC(CO)C2)c2ccccc12. The molecule has 1 atom stereocenters. The van der Waals surface area contributed by atoms with Gasteiger partial charge in [0, 0.05) is 42.8 Å². The maximum Gasteiger partial charge on any atom is 0.136 e. The molecule has 1 unspecified atom stereocenters. The molecular weight excluding hydrogens is 240 g/mol. The summed E-state index contributed by atoms with van der Waals surface area (Å²) in [5.74, 6) is 1.31. The number of aromatic nitrogens is 1. The van der Waals surface area contributed by atoms with Gasteiger partial charge in [-0.3, -0.25) is 0 Å². The van der Waals surface area contributed by atoms with Gasteiger partial charge in [0.15, 0.2) is 0 Å². The number of benzene rings is 1. The Morgan fingerprint density at radius 3 is 2.68 bits per heavy atom. The first-order valence-corrected chi connectivity index (χ1v) is 6.66. The molecule has 1 aromatic carbocycles. The quantitative estimate of drug-likeness (QED) is 0.877. The summed E-state index contributed by atoms with van der Waals surface area (Å²) in [6.45, 7) is 2.03. The summed E-state index contributed by atoms with van der Waals surface area (Å²) < 4.78 is 0. The van der Waals surface area contributed by atoms with Gasteiger partial charge in [0.25, 0.3) is 0 Å². The largest absolute Gasteiger partial charge is 0.396 e. The van der Waals surface area contributed by atoms with Crippen LogP contribution in [-0.4, -0.2) is 34.9 Å². The molecule has 19 heavy (non-hydrogen) atoms. The van der Waals surface area contributed by atoms with Crippen molar-refractivity contribution in [2.75, 3.05) is 24.6 Å². The Bertz CT molecular complexity index is 585. The van der Waals surface area contributed by atoms with Crippen molar-refractivity contribution in [3.8, 4) is 0 Å². The van der Waals surface area contributed by atoms with E-state index in [-0.39, 0.29) is 13.2 Å². The minimum Gasteiger partial charge on any atom is -0.396 e. The highest BCUT2D eigenvalue weighted by Crippen LogP contribution is 2.30. The predicted octanol–water partition coefficient (Wildman–Crippen LogP) is 1.55. The third-order valence-electron chi connectivity index (χ3n) is 3.87. The number of aliphatic hydroxyl groups excluding tert-OH is 2. The second-order valence-electron chi connectivity index (χ2n) is 5.09. The Morgan fingerprint density at radius 1 is 1.21 bits per heavy atom. The average molecular weight is 258 g/mol. The van der Waals surface area contributed by atoms with E-state index in [9.17, 15) is 10.2 Å². The lowest BCUT2D eigenvalue weighted by atomic mass is 10.1. The summed E-state index contributed by atoms with van der Waals surface area (Å²) in [6.07, 6.45) is 2.76. The van der Waals surface area contributed by atoms with Crippen LogP contribution in [0.15, 0.2) is 30.5 Å². The van der Waals surface area contributed by atoms with Crippen molar-refractivity contribution < 1.29 is 10.2 Å². The molecule has 4 heteroatoms. The highest BCUT2D eigenvalue weighted by atomic mass is 16.3. The van der Waals surface area contributed by atoms with Gasteiger partial charge in [-0.2, -0.15) is 0 Å². The topological polar surface area (TPSA) is 56.6 Å². The van der Waals surface area contributed by atoms with E-state index >= 15 is 0 Å². The molecule has 3 rings (SSSR count). The average Bonchev–Trinajstić information content (AvgIpc) is 2.95. The third kappa shape index (κ3) is 2.17. The van der Waals surface area contributed by atoms with Crippen LogP contribution < -0.4 is 4.90 Å². The maximum absolute atomic E-state index is 9.39. The first kappa shape index (κ1) is 12.4. The number of fused-ring (bicyclic) bond motifs is 1. The zero-order chi connectivity index (χ0) is 13.2. The van der Waals surface area contributed by atoms with Crippen LogP contribution in [0.5, 0.6) is 0 Å². The van der Waals surface area contributed by atoms with Crippen molar-refractivity contribution in [1.82, 2.24) is 4.98 Å². The molecule has 0 amide bonds. The Hall–Kier alpha value is -1.65. The third-order valence-corrected chi connectivity index (χ3v) is 3.87. The highest BCUT2D eigenvalue weighted by Gasteiger charge is 2.24. The van der Waals surface area contributed by atoms with Crippen LogP contribution >= 0.6 is 0 Å². The first-order valence-electron chi connectivity index (χ1n) is 6.66. The molecule has 1 saturated heterocycles. The van der Waals surface area contributed by atoms with E-state index in [0.717, 1.165) is 41.7 Å². The number of hydrogen-bond donors (Lipinski definition) is 2. The molecule has 2 aromatic rings. The smallest absolute Gasteiger partial charge is 0.136 e. The summed E-state index contributed by atoms with van der Waals surface area (Å²) in [4.78, 5) is 6.74. The van der Waals surface area contributed by atoms with Gasteiger partial charge in [0.1, 0.15) is 5.82 Å². The van der Waals surface area contributed by atoms with Crippen LogP contribution in [-0.2, 0) is 6.61 Å². The first-order chi connectivity index (χ1) is 9.33. The summed E-state index contributed by atoms with van der Waals surface area (Å²) >= 11 is 0. The molecule has 0 radical (unpaired) electrons. The molecule has 1 fully saturated rings. The number of aliphatic hydroxyl groups is 2. The van der Waals surface area contributed by atoms with E-state index in [0.29, 0.717) is 5.92 Å². The lowest BCUT2D eigenvalue weighted by Gasteiger charge is -2.20. The van der Waals surface area contributed by atoms with Gasteiger partial charge in [-0.15, -0.1) is 0 Å². The van der Waals surface area contributed by atoms with Crippen molar-refractivity contribution in [2.24, 2.45) is 5.92 Å². The number of pyridine rings is 1. The molecule has 0 saturated carbocycles. The molecule has 100 valence electrons. The molecule has 4 nitrogen and oxygen atoms in total. The van der Waals surface area contributed by atoms with Crippen LogP contribution in [0.3, 0.4) is 0 Å². The number of anilines is 1. The zero-order valence-electron chi connectivity index (χ0n) is 10.8. The van der Waals surface area contributed by atoms with Crippen LogP contribution in [0.4, 0.5) is 5.82 Å². The summed E-state index contributed by atoms with van der Waals surface area (Å²) in [5, 5.41) is 20.8. The summed E-state index contributed by atoms with van der Waals surface area (Å²) in [5.41, 5.74) is 0.859. The van der Waals surface area contributed by atoms with Crippen molar-refractivity contribution in [2.45, 2.75) is 13.0 Å². The van der Waals surface area contributed by atoms with E-state index < -0.39 is 0 Å². The van der Waals surface area contributed by atoms with E-state index in [1.165, 1.54) is 0 Å². The molecule has 2 heterocycles. The standard InChI is InChI=1S/C15H18N2O2/c18-9-11-5-6-17(8-11)15-14-4-2-1-3-13(14)12(10-19)7-16-15/h1-4,7,11,18-19H,5-6,8-10H2. The van der Waals surface area contributed by atoms with Gasteiger partial charge in [0.05, 0.1) is 6.61 Å². The van der Waals surface area contributed by atoms with Gasteiger partial charge in [-0.05, 0) is 11.8 Å². The molecule has 1 aromatic heterocycles. The molecule has 1 aliphatic heterocycles. The Kier molecular flexibility index (Phi) is 3.36. The zero-order valence-corrected chi connectivity index (χ0v) is 10.8. The van der Waals surface area contributed by atoms with Gasteiger partial charge in [0.2, 0.25) is 0 Å². The molecular formula is C15H18N2O2. The van der Waals surface area contributed by atoms with Crippen molar-refractivity contribution in [3.63, 3.8) is 0 Å². The number of hydrogen-bond acceptors (Lipinski definition) is 4. The molecule has 0 spiro atoms. The van der Waals surface area contributed by atoms with Crippen molar-refractivity contribution >= 4 is 16.6 Å². The minimum atomic E-state index is 0.00700. The van der Waals surface area contributed by atoms with Crippen molar-refractivity contribution in [3.05, 3.63) is 36.0 Å². The molecule has 0 bridgehead atoms. The van der Waals surface area contributed by atoms with E-state index in [2.05, 4.69) is 9.88 Å². The summed E-state index contributed by atoms with van der Waals surface area (Å²) in [7, 11) is 0. The monoisotopic (exact) mass is 258 g/mol. The van der Waals surface area contributed by atoms with E-state index in [4.69, 9.17) is 0 Å². The lowest BCUT2D eigenvalue weighted by molar-refractivity contribution is 0.238. The van der Waals surface area contributed by atoms with Gasteiger partial charge >= 0.3 is 0 Å². The fraction of sp³-hybridized carbons (Fsp3) is 0.400. The van der Waals surface area contributed by atoms with Crippen LogP contribution in [0.1, 0.15) is 12.0 Å².